The molecule has 3 nitrogen and oxygen atoms in total. The van der Waals surface area contributed by atoms with Crippen LogP contribution in [0.1, 0.15) is 0 Å². The Bertz CT molecular complexity index is 28.8. The van der Waals surface area contributed by atoms with Gasteiger partial charge in [-0.3, -0.25) is 0 Å². The van der Waals surface area contributed by atoms with Gasteiger partial charge >= 0.3 is 0 Å². The first-order valence-corrected chi connectivity index (χ1v) is 1.20. The molecule has 0 heterocycles. The highest BCUT2D eigenvalue weighted by Crippen LogP contribution is 1.35. The standard InChI is InChI=1S/C2H4NO2/c4-2-1-3-5/h2-3H,1H2/q-1. The van der Waals surface area contributed by atoms with Gasteiger partial charge in [0.1, 0.15) is 6.29 Å². The predicted octanol–water partition coefficient (Wildman–Crippen LogP) is -0.727. The van der Waals surface area contributed by atoms with Gasteiger partial charge in [-0.05, 0) is 0 Å². The summed E-state index contributed by atoms with van der Waals surface area (Å²) in [7, 11) is 0. The molecular formula is C2H4NO2-. The third-order valence-corrected chi connectivity index (χ3v) is 0.167. The number of nitrogens with one attached hydrogen (secondary N) is 1. The Hall–Kier alpha value is -0.410. The molecule has 0 bridgehead atoms. The summed E-state index contributed by atoms with van der Waals surface area (Å²) in [4.78, 5) is 9.14. The molecule has 0 radical (unpaired) electrons. The topological polar surface area (TPSA) is 52.2 Å². The molecule has 0 aliphatic carbocycles. The normalized spacial score (nSPS) is 7.40. The summed E-state index contributed by atoms with van der Waals surface area (Å²) in [6.07, 6.45) is 0.507. The lowest BCUT2D eigenvalue weighted by atomic mass is 10.8. The van der Waals surface area contributed by atoms with Crippen molar-refractivity contribution in [3.8, 4) is 0 Å². The lowest BCUT2D eigenvalue weighted by Gasteiger charge is -1.95. The highest BCUT2D eigenvalue weighted by molar-refractivity contribution is 5.51. The molecule has 0 aliphatic rings. The van der Waals surface area contributed by atoms with Crippen LogP contribution in [0, 0.1) is 5.21 Å². The number of carbonyl (C=O) groups excluding carboxylic acids is 1. The van der Waals surface area contributed by atoms with Crippen molar-refractivity contribution in [3.63, 3.8) is 0 Å². The molecule has 1 N–H and O–H groups in total. The molecule has 30 valence electrons. The molecule has 0 atom stereocenters. The molecule has 0 saturated heterocycles. The van der Waals surface area contributed by atoms with Crippen molar-refractivity contribution in [1.82, 2.24) is 5.48 Å². The first-order chi connectivity index (χ1) is 2.41. The second-order valence-corrected chi connectivity index (χ2v) is 0.515. The van der Waals surface area contributed by atoms with Crippen LogP contribution in [0.3, 0.4) is 0 Å². The summed E-state index contributed by atoms with van der Waals surface area (Å²) in [6, 6.07) is 0. The van der Waals surface area contributed by atoms with E-state index >= 15 is 0 Å². The maximum atomic E-state index is 9.14. The first-order valence-electron chi connectivity index (χ1n) is 1.20. The van der Waals surface area contributed by atoms with Crippen LogP contribution >= 0.6 is 0 Å². The van der Waals surface area contributed by atoms with Crippen LogP contribution in [0.15, 0.2) is 0 Å². The maximum absolute atomic E-state index is 9.14. The van der Waals surface area contributed by atoms with Crippen LogP contribution < -0.4 is 5.48 Å². The molecule has 0 aromatic rings. The third-order valence-electron chi connectivity index (χ3n) is 0.167. The summed E-state index contributed by atoms with van der Waals surface area (Å²) < 4.78 is 0. The van der Waals surface area contributed by atoms with Crippen molar-refractivity contribution in [3.05, 3.63) is 5.21 Å². The molecule has 0 rings (SSSR count). The van der Waals surface area contributed by atoms with Crippen molar-refractivity contribution < 1.29 is 4.79 Å². The van der Waals surface area contributed by atoms with E-state index in [4.69, 9.17) is 10.0 Å². The number of hydroxylamine groups is 1. The zero-order valence-corrected chi connectivity index (χ0v) is 2.60. The number of hydrogen-bond donors (Lipinski definition) is 1. The van der Waals surface area contributed by atoms with Gasteiger partial charge in [0.05, 0.1) is 0 Å². The second-order valence-electron chi connectivity index (χ2n) is 0.515. The lowest BCUT2D eigenvalue weighted by Crippen LogP contribution is -2.04. The second kappa shape index (κ2) is 3.59. The molecule has 0 spiro atoms. The van der Waals surface area contributed by atoms with Crippen molar-refractivity contribution in [2.45, 2.75) is 0 Å². The van der Waals surface area contributed by atoms with Crippen LogP contribution in [-0.4, -0.2) is 12.8 Å². The van der Waals surface area contributed by atoms with E-state index in [1.165, 1.54) is 5.48 Å². The van der Waals surface area contributed by atoms with E-state index in [0.717, 1.165) is 0 Å². The zero-order chi connectivity index (χ0) is 4.12. The first kappa shape index (κ1) is 4.59. The SMILES string of the molecule is O=CCN[O-]. The van der Waals surface area contributed by atoms with Gasteiger partial charge in [0.2, 0.25) is 0 Å². The van der Waals surface area contributed by atoms with Gasteiger partial charge in [0, 0.05) is 6.54 Å². The summed E-state index contributed by atoms with van der Waals surface area (Å²) in [6.45, 7) is -0.0972. The van der Waals surface area contributed by atoms with E-state index < -0.39 is 0 Å². The fourth-order valence-electron chi connectivity index (χ4n) is 0.0340. The Morgan fingerprint density at radius 1 is 2.00 bits per heavy atom. The Balaban J connectivity index is 2.40. The highest BCUT2D eigenvalue weighted by atomic mass is 16.5. The minimum Gasteiger partial charge on any atom is -0.787 e. The van der Waals surface area contributed by atoms with Crippen molar-refractivity contribution in [1.29, 1.82) is 0 Å². The minimum atomic E-state index is -0.0972. The summed E-state index contributed by atoms with van der Waals surface area (Å²) in [5, 5.41) is 9.05. The average molecular weight is 74.1 g/mol. The molecule has 0 aromatic heterocycles. The van der Waals surface area contributed by atoms with Crippen molar-refractivity contribution >= 4 is 6.29 Å². The molecule has 0 unspecified atom stereocenters. The number of hydrogen-bond acceptors (Lipinski definition) is 3. The number of rotatable bonds is 2. The Morgan fingerprint density at radius 3 is 2.60 bits per heavy atom. The monoisotopic (exact) mass is 74.0 g/mol. The average Bonchev–Trinajstić information content (AvgIpc) is 1.41. The summed E-state index contributed by atoms with van der Waals surface area (Å²) in [5.41, 5.74) is 1.40. The van der Waals surface area contributed by atoms with Crippen LogP contribution in [0.25, 0.3) is 0 Å². The van der Waals surface area contributed by atoms with Crippen LogP contribution in [-0.2, 0) is 4.79 Å². The van der Waals surface area contributed by atoms with Gasteiger partial charge in [-0.2, -0.15) is 0 Å². The van der Waals surface area contributed by atoms with Crippen molar-refractivity contribution in [2.75, 3.05) is 6.54 Å². The van der Waals surface area contributed by atoms with Gasteiger partial charge in [-0.1, -0.05) is 0 Å². The minimum absolute atomic E-state index is 0.0972. The van der Waals surface area contributed by atoms with E-state index in [-0.39, 0.29) is 6.54 Å². The van der Waals surface area contributed by atoms with Crippen molar-refractivity contribution in [2.24, 2.45) is 0 Å². The van der Waals surface area contributed by atoms with E-state index in [9.17, 15) is 0 Å². The Morgan fingerprint density at radius 2 is 2.60 bits per heavy atom. The molecule has 0 fully saturated rings. The van der Waals surface area contributed by atoms with Gasteiger partial charge in [-0.15, -0.1) is 0 Å². The molecule has 0 saturated carbocycles. The Kier molecular flexibility index (Phi) is 3.30. The molecule has 3 heteroatoms. The fourth-order valence-corrected chi connectivity index (χ4v) is 0.0340. The van der Waals surface area contributed by atoms with E-state index in [1.807, 2.05) is 0 Å². The zero-order valence-electron chi connectivity index (χ0n) is 2.60. The van der Waals surface area contributed by atoms with Gasteiger partial charge < -0.3 is 15.5 Å². The van der Waals surface area contributed by atoms with E-state index in [0.29, 0.717) is 6.29 Å². The Labute approximate surface area is 29.6 Å². The summed E-state index contributed by atoms with van der Waals surface area (Å²) in [5.74, 6) is 0. The largest absolute Gasteiger partial charge is 0.787 e. The van der Waals surface area contributed by atoms with Crippen LogP contribution in [0.5, 0.6) is 0 Å². The van der Waals surface area contributed by atoms with Gasteiger partial charge in [0.25, 0.3) is 0 Å². The number of aldehydes is 1. The fraction of sp³-hybridized carbons (Fsp3) is 0.500. The molecular weight excluding hydrogens is 70.0 g/mol. The van der Waals surface area contributed by atoms with E-state index in [2.05, 4.69) is 0 Å². The summed E-state index contributed by atoms with van der Waals surface area (Å²) >= 11 is 0. The molecule has 0 amide bonds. The van der Waals surface area contributed by atoms with Crippen LogP contribution in [0.2, 0.25) is 0 Å². The predicted molar refractivity (Wildman–Crippen MR) is 17.4 cm³/mol. The third kappa shape index (κ3) is 3.59. The van der Waals surface area contributed by atoms with Gasteiger partial charge in [-0.25, -0.2) is 0 Å². The molecule has 0 aliphatic heterocycles. The smallest absolute Gasteiger partial charge is 0.132 e. The van der Waals surface area contributed by atoms with E-state index in [1.54, 1.807) is 0 Å². The highest BCUT2D eigenvalue weighted by Gasteiger charge is 1.56. The molecule has 5 heavy (non-hydrogen) atoms. The lowest BCUT2D eigenvalue weighted by molar-refractivity contribution is -0.107. The number of carbonyl (C=O) groups is 1. The quantitative estimate of drug-likeness (QED) is 0.347. The van der Waals surface area contributed by atoms with Crippen LogP contribution in [0.4, 0.5) is 0 Å². The van der Waals surface area contributed by atoms with Gasteiger partial charge in [0.15, 0.2) is 0 Å². The molecule has 0 aromatic carbocycles. The maximum Gasteiger partial charge on any atom is 0.132 e.